The molecule has 0 unspecified atom stereocenters. The zero-order chi connectivity index (χ0) is 20.9. The van der Waals surface area contributed by atoms with Gasteiger partial charge >= 0.3 is 12.1 Å². The number of amides is 2. The zero-order valence-corrected chi connectivity index (χ0v) is 16.0. The quantitative estimate of drug-likeness (QED) is 0.480. The van der Waals surface area contributed by atoms with Gasteiger partial charge in [-0.1, -0.05) is 18.2 Å². The van der Waals surface area contributed by atoms with E-state index in [-0.39, 0.29) is 6.42 Å². The van der Waals surface area contributed by atoms with E-state index in [1.54, 1.807) is 27.0 Å². The van der Waals surface area contributed by atoms with E-state index in [0.717, 1.165) is 16.5 Å². The fourth-order valence-corrected chi connectivity index (χ4v) is 2.64. The number of rotatable bonds is 7. The molecule has 5 N–H and O–H groups in total. The minimum absolute atomic E-state index is 0.0374. The molecule has 9 heteroatoms. The lowest BCUT2D eigenvalue weighted by molar-refractivity contribution is -0.142. The Kier molecular flexibility index (Phi) is 6.63. The van der Waals surface area contributed by atoms with Crippen LogP contribution in [0.1, 0.15) is 26.3 Å². The van der Waals surface area contributed by atoms with Gasteiger partial charge in [-0.05, 0) is 32.4 Å². The maximum atomic E-state index is 12.4. The monoisotopic (exact) mass is 391 g/mol. The molecule has 0 fully saturated rings. The number of alkyl carbamates (subject to hydrolysis) is 1. The Labute approximate surface area is 162 Å². The Morgan fingerprint density at radius 2 is 1.82 bits per heavy atom. The molecule has 1 aromatic heterocycles. The van der Waals surface area contributed by atoms with E-state index in [1.807, 2.05) is 24.3 Å². The van der Waals surface area contributed by atoms with Crippen LogP contribution in [0, 0.1) is 0 Å². The first-order chi connectivity index (χ1) is 13.1. The number of para-hydroxylation sites is 1. The summed E-state index contributed by atoms with van der Waals surface area (Å²) >= 11 is 0. The third-order valence-electron chi connectivity index (χ3n) is 3.90. The van der Waals surface area contributed by atoms with Crippen molar-refractivity contribution >= 4 is 28.9 Å². The number of H-pyrrole nitrogens is 1. The Bertz CT molecular complexity index is 855. The van der Waals surface area contributed by atoms with Gasteiger partial charge in [0.25, 0.3) is 0 Å². The number of benzene rings is 1. The van der Waals surface area contributed by atoms with Crippen LogP contribution in [0.25, 0.3) is 10.9 Å². The molecule has 1 aromatic carbocycles. The van der Waals surface area contributed by atoms with Crippen LogP contribution in [0.4, 0.5) is 4.79 Å². The number of hydrogen-bond acceptors (Lipinski definition) is 5. The standard InChI is InChI=1S/C19H25N3O6/c1-19(2,3)28-18(27)22-15(10-23)16(24)21-14(17(25)26)8-11-9-20-13-7-5-4-6-12(11)13/h4-7,9,14-15,20,23H,8,10H2,1-3H3,(H,21,24)(H,22,27)(H,25,26)/t14-,15-/m0/s1. The van der Waals surface area contributed by atoms with Crippen LogP contribution >= 0.6 is 0 Å². The summed E-state index contributed by atoms with van der Waals surface area (Å²) in [4.78, 5) is 38.8. The number of aliphatic hydroxyl groups excluding tert-OH is 1. The maximum Gasteiger partial charge on any atom is 0.408 e. The van der Waals surface area contributed by atoms with E-state index in [1.165, 1.54) is 0 Å². The molecule has 0 aliphatic heterocycles. The second-order valence-corrected chi connectivity index (χ2v) is 7.34. The number of aliphatic carboxylic acids is 1. The summed E-state index contributed by atoms with van der Waals surface area (Å²) in [5, 5.41) is 24.3. The van der Waals surface area contributed by atoms with Gasteiger partial charge in [0.15, 0.2) is 0 Å². The normalized spacial score (nSPS) is 13.6. The molecule has 2 amide bonds. The minimum Gasteiger partial charge on any atom is -0.480 e. The number of hydrogen-bond donors (Lipinski definition) is 5. The highest BCUT2D eigenvalue weighted by Gasteiger charge is 2.28. The van der Waals surface area contributed by atoms with Gasteiger partial charge in [-0.15, -0.1) is 0 Å². The van der Waals surface area contributed by atoms with Crippen LogP contribution in [0.5, 0.6) is 0 Å². The summed E-state index contributed by atoms with van der Waals surface area (Å²) in [6, 6.07) is 4.83. The fraction of sp³-hybridized carbons (Fsp3) is 0.421. The van der Waals surface area contributed by atoms with Crippen molar-refractivity contribution in [2.75, 3.05) is 6.61 Å². The maximum absolute atomic E-state index is 12.4. The SMILES string of the molecule is CC(C)(C)OC(=O)N[C@@H](CO)C(=O)N[C@@H](Cc1c[nH]c2ccccc12)C(=O)O. The Morgan fingerprint density at radius 3 is 2.43 bits per heavy atom. The molecular formula is C19H25N3O6. The molecule has 0 radical (unpaired) electrons. The molecule has 0 aliphatic carbocycles. The highest BCUT2D eigenvalue weighted by Crippen LogP contribution is 2.19. The number of fused-ring (bicyclic) bond motifs is 1. The van der Waals surface area contributed by atoms with Crippen LogP contribution in [-0.4, -0.2) is 57.5 Å². The lowest BCUT2D eigenvalue weighted by Crippen LogP contribution is -2.54. The number of carboxylic acid groups (broad SMARTS) is 1. The van der Waals surface area contributed by atoms with Crippen LogP contribution in [-0.2, 0) is 20.7 Å². The largest absolute Gasteiger partial charge is 0.480 e. The summed E-state index contributed by atoms with van der Waals surface area (Å²) in [6.45, 7) is 4.26. The molecule has 0 saturated heterocycles. The lowest BCUT2D eigenvalue weighted by atomic mass is 10.0. The molecule has 2 rings (SSSR count). The van der Waals surface area contributed by atoms with E-state index in [4.69, 9.17) is 4.74 Å². The van der Waals surface area contributed by atoms with Crippen molar-refractivity contribution in [3.8, 4) is 0 Å². The zero-order valence-electron chi connectivity index (χ0n) is 16.0. The lowest BCUT2D eigenvalue weighted by Gasteiger charge is -2.23. The average molecular weight is 391 g/mol. The molecule has 0 aliphatic rings. The molecule has 0 saturated carbocycles. The van der Waals surface area contributed by atoms with E-state index in [0.29, 0.717) is 0 Å². The van der Waals surface area contributed by atoms with E-state index >= 15 is 0 Å². The fourth-order valence-electron chi connectivity index (χ4n) is 2.64. The molecule has 2 atom stereocenters. The molecule has 152 valence electrons. The number of nitrogens with one attached hydrogen (secondary N) is 3. The summed E-state index contributed by atoms with van der Waals surface area (Å²) in [7, 11) is 0. The van der Waals surface area contributed by atoms with Crippen LogP contribution in [0.3, 0.4) is 0 Å². The van der Waals surface area contributed by atoms with Crippen LogP contribution in [0.2, 0.25) is 0 Å². The van der Waals surface area contributed by atoms with Crippen LogP contribution < -0.4 is 10.6 Å². The third-order valence-corrected chi connectivity index (χ3v) is 3.90. The van der Waals surface area contributed by atoms with E-state index in [2.05, 4.69) is 15.6 Å². The van der Waals surface area contributed by atoms with Crippen molar-refractivity contribution in [2.45, 2.75) is 44.9 Å². The van der Waals surface area contributed by atoms with Crippen molar-refractivity contribution in [3.63, 3.8) is 0 Å². The van der Waals surface area contributed by atoms with Gasteiger partial charge in [0.1, 0.15) is 17.7 Å². The number of ether oxygens (including phenoxy) is 1. The summed E-state index contributed by atoms with van der Waals surface area (Å²) in [5.74, 6) is -2.05. The van der Waals surface area contributed by atoms with Crippen molar-refractivity contribution in [1.29, 1.82) is 0 Å². The molecule has 0 spiro atoms. The van der Waals surface area contributed by atoms with Crippen molar-refractivity contribution in [3.05, 3.63) is 36.0 Å². The van der Waals surface area contributed by atoms with Crippen LogP contribution in [0.15, 0.2) is 30.5 Å². The van der Waals surface area contributed by atoms with Gasteiger partial charge in [-0.2, -0.15) is 0 Å². The van der Waals surface area contributed by atoms with Gasteiger partial charge in [-0.3, -0.25) is 4.79 Å². The second-order valence-electron chi connectivity index (χ2n) is 7.34. The van der Waals surface area contributed by atoms with Gasteiger partial charge < -0.3 is 30.6 Å². The number of aromatic amines is 1. The van der Waals surface area contributed by atoms with Gasteiger partial charge in [-0.25, -0.2) is 9.59 Å². The number of carboxylic acids is 1. The molecular weight excluding hydrogens is 366 g/mol. The topological polar surface area (TPSA) is 141 Å². The highest BCUT2D eigenvalue weighted by atomic mass is 16.6. The molecule has 1 heterocycles. The number of carbonyl (C=O) groups is 3. The third kappa shape index (κ3) is 5.71. The van der Waals surface area contributed by atoms with E-state index in [9.17, 15) is 24.6 Å². The number of carbonyl (C=O) groups excluding carboxylic acids is 2. The minimum atomic E-state index is -1.33. The highest BCUT2D eigenvalue weighted by molar-refractivity contribution is 5.90. The molecule has 0 bridgehead atoms. The van der Waals surface area contributed by atoms with E-state index < -0.39 is 42.3 Å². The summed E-state index contributed by atoms with van der Waals surface area (Å²) in [6.07, 6.45) is 0.843. The first-order valence-electron chi connectivity index (χ1n) is 8.79. The van der Waals surface area contributed by atoms with Crippen molar-refractivity contribution < 1.29 is 29.3 Å². The Morgan fingerprint density at radius 1 is 1.14 bits per heavy atom. The second kappa shape index (κ2) is 8.75. The van der Waals surface area contributed by atoms with Crippen molar-refractivity contribution in [1.82, 2.24) is 15.6 Å². The number of aromatic nitrogens is 1. The number of aliphatic hydroxyl groups is 1. The smallest absolute Gasteiger partial charge is 0.408 e. The predicted molar refractivity (Wildman–Crippen MR) is 102 cm³/mol. The Hall–Kier alpha value is -3.07. The Balaban J connectivity index is 2.06. The first-order valence-corrected chi connectivity index (χ1v) is 8.79. The molecule has 9 nitrogen and oxygen atoms in total. The molecule has 28 heavy (non-hydrogen) atoms. The van der Waals surface area contributed by atoms with Crippen molar-refractivity contribution in [2.24, 2.45) is 0 Å². The summed E-state index contributed by atoms with van der Waals surface area (Å²) < 4.78 is 5.04. The van der Waals surface area contributed by atoms with Gasteiger partial charge in [0.2, 0.25) is 5.91 Å². The first kappa shape index (κ1) is 21.2. The average Bonchev–Trinajstić information content (AvgIpc) is 3.00. The van der Waals surface area contributed by atoms with Gasteiger partial charge in [0.05, 0.1) is 6.61 Å². The predicted octanol–water partition coefficient (Wildman–Crippen LogP) is 1.17. The summed E-state index contributed by atoms with van der Waals surface area (Å²) in [5.41, 5.74) is 0.802. The van der Waals surface area contributed by atoms with Gasteiger partial charge in [0, 0.05) is 23.5 Å². The molecule has 2 aromatic rings.